The number of phenols is 1. The van der Waals surface area contributed by atoms with Crippen molar-refractivity contribution in [2.24, 2.45) is 0 Å². The van der Waals surface area contributed by atoms with E-state index in [-0.39, 0.29) is 5.75 Å². The number of phenolic OH excluding ortho intramolecular Hbond substituents is 1. The Morgan fingerprint density at radius 2 is 2.13 bits per heavy atom. The molecule has 0 saturated heterocycles. The number of rotatable bonds is 0. The summed E-state index contributed by atoms with van der Waals surface area (Å²) in [5, 5.41) is 23.4. The summed E-state index contributed by atoms with van der Waals surface area (Å²) < 4.78 is 1.65. The van der Waals surface area contributed by atoms with Crippen LogP contribution in [0.2, 0.25) is 0 Å². The number of hydrogen-bond donors (Lipinski definition) is 1. The van der Waals surface area contributed by atoms with E-state index < -0.39 is 0 Å². The second kappa shape index (κ2) is 2.66. The topological polar surface area (TPSA) is 63.3 Å². The van der Waals surface area contributed by atoms with E-state index >= 15 is 0 Å². The Morgan fingerprint density at radius 3 is 3.00 bits per heavy atom. The van der Waals surface area contributed by atoms with Gasteiger partial charge in [-0.2, -0.15) is 9.61 Å². The highest BCUT2D eigenvalue weighted by atomic mass is 16.3. The lowest BCUT2D eigenvalue weighted by Gasteiger charge is -1.99. The van der Waals surface area contributed by atoms with E-state index in [0.717, 1.165) is 16.6 Å². The summed E-state index contributed by atoms with van der Waals surface area (Å²) in [5.74, 6) is 0.950. The molecule has 5 nitrogen and oxygen atoms in total. The standard InChI is InChI=1S/C10H8N4O/c1-6-12-13-10-9-4-8(15)3-2-7(9)5-11-14(6)10/h2-5,15H,1H3. The van der Waals surface area contributed by atoms with Crippen molar-refractivity contribution in [3.8, 4) is 5.75 Å². The molecule has 0 amide bonds. The summed E-state index contributed by atoms with van der Waals surface area (Å²) >= 11 is 0. The average Bonchev–Trinajstić information content (AvgIpc) is 2.61. The summed E-state index contributed by atoms with van der Waals surface area (Å²) in [5.41, 5.74) is 0.668. The van der Waals surface area contributed by atoms with Gasteiger partial charge in [-0.25, -0.2) is 0 Å². The summed E-state index contributed by atoms with van der Waals surface area (Å²) in [6, 6.07) is 5.10. The molecule has 5 heteroatoms. The highest BCUT2D eigenvalue weighted by molar-refractivity contribution is 5.93. The summed E-state index contributed by atoms with van der Waals surface area (Å²) in [6.45, 7) is 1.83. The zero-order chi connectivity index (χ0) is 10.4. The second-order valence-corrected chi connectivity index (χ2v) is 3.40. The summed E-state index contributed by atoms with van der Waals surface area (Å²) in [6.07, 6.45) is 1.73. The van der Waals surface area contributed by atoms with Gasteiger partial charge in [0.1, 0.15) is 5.75 Å². The molecule has 0 spiro atoms. The van der Waals surface area contributed by atoms with Crippen LogP contribution < -0.4 is 0 Å². The van der Waals surface area contributed by atoms with E-state index in [1.165, 1.54) is 0 Å². The van der Waals surface area contributed by atoms with Crippen LogP contribution in [0, 0.1) is 6.92 Å². The number of hydrogen-bond acceptors (Lipinski definition) is 4. The monoisotopic (exact) mass is 200 g/mol. The van der Waals surface area contributed by atoms with Gasteiger partial charge in [0.15, 0.2) is 11.5 Å². The molecule has 3 rings (SSSR count). The molecule has 0 fully saturated rings. The third kappa shape index (κ3) is 1.06. The van der Waals surface area contributed by atoms with Crippen LogP contribution in [0.1, 0.15) is 5.82 Å². The van der Waals surface area contributed by atoms with E-state index in [4.69, 9.17) is 0 Å². The number of nitrogens with zero attached hydrogens (tertiary/aromatic N) is 4. The number of fused-ring (bicyclic) bond motifs is 3. The van der Waals surface area contributed by atoms with Crippen LogP contribution >= 0.6 is 0 Å². The molecule has 2 heterocycles. The van der Waals surface area contributed by atoms with Gasteiger partial charge < -0.3 is 5.11 Å². The molecule has 0 aliphatic carbocycles. The van der Waals surface area contributed by atoms with Crippen LogP contribution in [0.15, 0.2) is 24.4 Å². The van der Waals surface area contributed by atoms with Crippen molar-refractivity contribution in [1.82, 2.24) is 19.8 Å². The quantitative estimate of drug-likeness (QED) is 0.594. The lowest BCUT2D eigenvalue weighted by molar-refractivity contribution is 0.476. The maximum Gasteiger partial charge on any atom is 0.185 e. The van der Waals surface area contributed by atoms with Crippen molar-refractivity contribution >= 4 is 16.4 Å². The van der Waals surface area contributed by atoms with Crippen molar-refractivity contribution in [3.05, 3.63) is 30.2 Å². The average molecular weight is 200 g/mol. The molecular formula is C10H8N4O. The van der Waals surface area contributed by atoms with Crippen LogP contribution in [0.4, 0.5) is 0 Å². The second-order valence-electron chi connectivity index (χ2n) is 3.40. The molecule has 74 valence electrons. The largest absolute Gasteiger partial charge is 0.508 e. The van der Waals surface area contributed by atoms with Crippen LogP contribution in [0.25, 0.3) is 16.4 Å². The SMILES string of the molecule is Cc1nnc2c3cc(O)ccc3cnn12. The maximum absolute atomic E-state index is 9.42. The minimum atomic E-state index is 0.219. The Bertz CT molecular complexity index is 659. The molecule has 2 aromatic heterocycles. The maximum atomic E-state index is 9.42. The molecule has 0 aliphatic heterocycles. The third-order valence-corrected chi connectivity index (χ3v) is 2.39. The number of aromatic hydroxyl groups is 1. The van der Waals surface area contributed by atoms with Crippen LogP contribution in [-0.2, 0) is 0 Å². The van der Waals surface area contributed by atoms with Gasteiger partial charge in [0, 0.05) is 10.8 Å². The Labute approximate surface area is 85.0 Å². The van der Waals surface area contributed by atoms with Crippen LogP contribution in [-0.4, -0.2) is 24.9 Å². The molecule has 1 N–H and O–H groups in total. The van der Waals surface area contributed by atoms with Gasteiger partial charge in [0.2, 0.25) is 0 Å². The first kappa shape index (κ1) is 8.16. The Hall–Kier alpha value is -2.17. The van der Waals surface area contributed by atoms with Crippen molar-refractivity contribution in [2.75, 3.05) is 0 Å². The van der Waals surface area contributed by atoms with E-state index in [1.807, 2.05) is 13.0 Å². The number of benzene rings is 1. The van der Waals surface area contributed by atoms with E-state index in [1.54, 1.807) is 22.8 Å². The van der Waals surface area contributed by atoms with Crippen molar-refractivity contribution < 1.29 is 5.11 Å². The molecule has 1 aromatic carbocycles. The number of aryl methyl sites for hydroxylation is 1. The van der Waals surface area contributed by atoms with E-state index in [9.17, 15) is 5.11 Å². The molecule has 0 unspecified atom stereocenters. The van der Waals surface area contributed by atoms with Gasteiger partial charge in [0.25, 0.3) is 0 Å². The smallest absolute Gasteiger partial charge is 0.185 e. The summed E-state index contributed by atoms with van der Waals surface area (Å²) in [7, 11) is 0. The molecule has 3 aromatic rings. The minimum Gasteiger partial charge on any atom is -0.508 e. The molecular weight excluding hydrogens is 192 g/mol. The Balaban J connectivity index is 2.57. The predicted molar refractivity (Wildman–Crippen MR) is 54.7 cm³/mol. The van der Waals surface area contributed by atoms with Crippen LogP contribution in [0.3, 0.4) is 0 Å². The zero-order valence-electron chi connectivity index (χ0n) is 8.05. The van der Waals surface area contributed by atoms with Gasteiger partial charge in [0.05, 0.1) is 6.20 Å². The third-order valence-electron chi connectivity index (χ3n) is 2.39. The highest BCUT2D eigenvalue weighted by Crippen LogP contribution is 2.22. The first-order valence-electron chi connectivity index (χ1n) is 4.55. The molecule has 0 aliphatic rings. The lowest BCUT2D eigenvalue weighted by atomic mass is 10.2. The van der Waals surface area contributed by atoms with Crippen molar-refractivity contribution in [1.29, 1.82) is 0 Å². The first-order valence-corrected chi connectivity index (χ1v) is 4.55. The van der Waals surface area contributed by atoms with E-state index in [2.05, 4.69) is 15.3 Å². The van der Waals surface area contributed by atoms with Gasteiger partial charge in [-0.15, -0.1) is 10.2 Å². The van der Waals surface area contributed by atoms with Gasteiger partial charge in [-0.3, -0.25) is 0 Å². The molecule has 15 heavy (non-hydrogen) atoms. The Kier molecular flexibility index (Phi) is 1.45. The molecule has 0 bridgehead atoms. The van der Waals surface area contributed by atoms with Gasteiger partial charge >= 0.3 is 0 Å². The summed E-state index contributed by atoms with van der Waals surface area (Å²) in [4.78, 5) is 0. The minimum absolute atomic E-state index is 0.219. The first-order chi connectivity index (χ1) is 7.25. The van der Waals surface area contributed by atoms with Gasteiger partial charge in [-0.05, 0) is 25.1 Å². The normalized spacial score (nSPS) is 11.3. The highest BCUT2D eigenvalue weighted by Gasteiger charge is 2.06. The molecule has 0 saturated carbocycles. The van der Waals surface area contributed by atoms with Crippen LogP contribution in [0.5, 0.6) is 5.75 Å². The lowest BCUT2D eigenvalue weighted by Crippen LogP contribution is -1.93. The zero-order valence-corrected chi connectivity index (χ0v) is 8.05. The van der Waals surface area contributed by atoms with Gasteiger partial charge in [-0.1, -0.05) is 0 Å². The van der Waals surface area contributed by atoms with E-state index in [0.29, 0.717) is 5.65 Å². The predicted octanol–water partition coefficient (Wildman–Crippen LogP) is 1.29. The van der Waals surface area contributed by atoms with Crippen molar-refractivity contribution in [2.45, 2.75) is 6.92 Å². The molecule has 0 radical (unpaired) electrons. The molecule has 0 atom stereocenters. The fraction of sp³-hybridized carbons (Fsp3) is 0.100. The number of aromatic nitrogens is 4. The fourth-order valence-corrected chi connectivity index (χ4v) is 1.63. The Morgan fingerprint density at radius 1 is 1.27 bits per heavy atom. The fourth-order valence-electron chi connectivity index (χ4n) is 1.63. The van der Waals surface area contributed by atoms with Crippen molar-refractivity contribution in [3.63, 3.8) is 0 Å².